The number of likely N-dealkylation sites (N-methyl/N-ethyl adjacent to an activating group) is 1. The fraction of sp³-hybridized carbons (Fsp3) is 0.360. The molecular weight excluding hydrogens is 489 g/mol. The number of aromatic nitrogens is 4. The third-order valence-electron chi connectivity index (χ3n) is 6.12. The van der Waals surface area contributed by atoms with Gasteiger partial charge < -0.3 is 37.3 Å². The van der Waals surface area contributed by atoms with E-state index in [1.54, 1.807) is 0 Å². The summed E-state index contributed by atoms with van der Waals surface area (Å²) in [5, 5.41) is 13.6. The first kappa shape index (κ1) is 26.7. The highest BCUT2D eigenvalue weighted by Gasteiger charge is 2.21. The van der Waals surface area contributed by atoms with E-state index in [1.807, 2.05) is 25.7 Å². The molecule has 2 aromatic heterocycles. The maximum Gasteiger partial charge on any atom is 0.259 e. The van der Waals surface area contributed by atoms with Crippen LogP contribution in [0.3, 0.4) is 0 Å². The highest BCUT2D eigenvalue weighted by Crippen LogP contribution is 2.27. The third-order valence-corrected chi connectivity index (χ3v) is 6.12. The highest BCUT2D eigenvalue weighted by atomic mass is 19.1. The van der Waals surface area contributed by atoms with Crippen LogP contribution in [0.15, 0.2) is 36.4 Å². The molecule has 0 bridgehead atoms. The average molecular weight is 522 g/mol. The maximum absolute atomic E-state index is 14.6. The highest BCUT2D eigenvalue weighted by molar-refractivity contribution is 6.00. The molecule has 13 heteroatoms. The minimum absolute atomic E-state index is 0.0573. The Balaban J connectivity index is 1.61. The molecule has 3 aromatic rings. The van der Waals surface area contributed by atoms with E-state index in [4.69, 9.17) is 16.9 Å². The number of nitrogens with one attached hydrogen (secondary N) is 3. The SMILES string of the molecule is CN1CCN(c2nc(N)c3ncnc(Nc4ccc(F)c(C(=O)N/C(N)=C/C(=N)C(C)(C)C)c4)c3n2)CC1. The Morgan fingerprint density at radius 3 is 2.53 bits per heavy atom. The van der Waals surface area contributed by atoms with E-state index in [9.17, 15) is 9.18 Å². The van der Waals surface area contributed by atoms with Gasteiger partial charge in [-0.1, -0.05) is 20.8 Å². The summed E-state index contributed by atoms with van der Waals surface area (Å²) in [6, 6.07) is 3.98. The molecule has 0 spiro atoms. The van der Waals surface area contributed by atoms with Crippen molar-refractivity contribution in [1.82, 2.24) is 30.2 Å². The van der Waals surface area contributed by atoms with Crippen molar-refractivity contribution in [2.45, 2.75) is 20.8 Å². The fourth-order valence-electron chi connectivity index (χ4n) is 3.72. The molecule has 12 nitrogen and oxygen atoms in total. The number of carbonyl (C=O) groups excluding carboxylic acids is 1. The molecule has 0 radical (unpaired) electrons. The van der Waals surface area contributed by atoms with Gasteiger partial charge in [-0.15, -0.1) is 0 Å². The molecule has 1 aliphatic rings. The first-order valence-corrected chi connectivity index (χ1v) is 12.1. The third kappa shape index (κ3) is 5.94. The van der Waals surface area contributed by atoms with E-state index in [2.05, 4.69) is 42.5 Å². The van der Waals surface area contributed by atoms with Crippen molar-refractivity contribution in [2.24, 2.45) is 11.1 Å². The van der Waals surface area contributed by atoms with Gasteiger partial charge in [-0.2, -0.15) is 4.98 Å². The number of nitrogens with two attached hydrogens (primary N) is 2. The number of benzene rings is 1. The lowest BCUT2D eigenvalue weighted by molar-refractivity contribution is 0.0961. The number of nitrogens with zero attached hydrogens (tertiary/aromatic N) is 6. The molecule has 3 heterocycles. The predicted octanol–water partition coefficient (Wildman–Crippen LogP) is 2.23. The van der Waals surface area contributed by atoms with Gasteiger partial charge in [-0.3, -0.25) is 4.79 Å². The molecule has 7 N–H and O–H groups in total. The van der Waals surface area contributed by atoms with E-state index in [0.29, 0.717) is 28.5 Å². The summed E-state index contributed by atoms with van der Waals surface area (Å²) in [4.78, 5) is 34.7. The molecule has 4 rings (SSSR count). The fourth-order valence-corrected chi connectivity index (χ4v) is 3.72. The van der Waals surface area contributed by atoms with Crippen LogP contribution in [0.25, 0.3) is 11.0 Å². The maximum atomic E-state index is 14.6. The van der Waals surface area contributed by atoms with Crippen LogP contribution < -0.4 is 27.0 Å². The van der Waals surface area contributed by atoms with Crippen molar-refractivity contribution >= 4 is 45.9 Å². The summed E-state index contributed by atoms with van der Waals surface area (Å²) in [6.45, 7) is 8.78. The minimum Gasteiger partial charge on any atom is -0.385 e. The average Bonchev–Trinajstić information content (AvgIpc) is 2.85. The second kappa shape index (κ2) is 10.5. The Morgan fingerprint density at radius 1 is 1.13 bits per heavy atom. The number of rotatable bonds is 6. The largest absolute Gasteiger partial charge is 0.385 e. The van der Waals surface area contributed by atoms with Crippen LogP contribution in [0.2, 0.25) is 0 Å². The Morgan fingerprint density at radius 2 is 1.84 bits per heavy atom. The number of fused-ring (bicyclic) bond motifs is 1. The Hall–Kier alpha value is -4.39. The van der Waals surface area contributed by atoms with Gasteiger partial charge in [0.1, 0.15) is 29.0 Å². The van der Waals surface area contributed by atoms with Crippen molar-refractivity contribution in [2.75, 3.05) is 49.2 Å². The molecule has 0 atom stereocenters. The molecule has 0 saturated carbocycles. The van der Waals surface area contributed by atoms with Crippen LogP contribution >= 0.6 is 0 Å². The topological polar surface area (TPSA) is 175 Å². The number of anilines is 4. The molecule has 1 amide bonds. The van der Waals surface area contributed by atoms with Crippen LogP contribution in [0, 0.1) is 16.6 Å². The van der Waals surface area contributed by atoms with Crippen LogP contribution in [0.1, 0.15) is 31.1 Å². The summed E-state index contributed by atoms with van der Waals surface area (Å²) in [5.74, 6) is -0.519. The number of nitrogen functional groups attached to an aromatic ring is 1. The minimum atomic E-state index is -0.752. The second-order valence-electron chi connectivity index (χ2n) is 10.2. The smallest absolute Gasteiger partial charge is 0.259 e. The van der Waals surface area contributed by atoms with Gasteiger partial charge in [0.2, 0.25) is 5.95 Å². The summed E-state index contributed by atoms with van der Waals surface area (Å²) >= 11 is 0. The van der Waals surface area contributed by atoms with Crippen LogP contribution in [0.4, 0.5) is 27.7 Å². The van der Waals surface area contributed by atoms with Crippen molar-refractivity contribution in [3.63, 3.8) is 0 Å². The molecule has 0 aliphatic carbocycles. The van der Waals surface area contributed by atoms with Gasteiger partial charge in [0.25, 0.3) is 5.91 Å². The number of amides is 1. The molecule has 1 fully saturated rings. The van der Waals surface area contributed by atoms with E-state index >= 15 is 0 Å². The number of halogens is 1. The second-order valence-corrected chi connectivity index (χ2v) is 10.2. The lowest BCUT2D eigenvalue weighted by atomic mass is 9.90. The molecule has 1 saturated heterocycles. The standard InChI is InChI=1S/C25H32FN11O/c1-25(2,3)17(27)12-18(28)33-23(38)15-11-14(5-6-16(15)26)32-22-20-19(30-13-31-22)21(29)35-24(34-20)37-9-7-36(4)8-10-37/h5-6,11-13,27H,7-10,28H2,1-4H3,(H,33,38)(H2,29,34,35)(H,30,31,32)/b18-12+,27-17?. The zero-order valence-corrected chi connectivity index (χ0v) is 21.8. The number of carbonyl (C=O) groups is 1. The van der Waals surface area contributed by atoms with Gasteiger partial charge in [-0.05, 0) is 31.3 Å². The predicted molar refractivity (Wildman–Crippen MR) is 146 cm³/mol. The first-order chi connectivity index (χ1) is 17.9. The number of hydrogen-bond acceptors (Lipinski definition) is 11. The van der Waals surface area contributed by atoms with Crippen LogP contribution in [-0.2, 0) is 0 Å². The van der Waals surface area contributed by atoms with Crippen molar-refractivity contribution < 1.29 is 9.18 Å². The van der Waals surface area contributed by atoms with Gasteiger partial charge >= 0.3 is 0 Å². The van der Waals surface area contributed by atoms with Gasteiger partial charge in [0.15, 0.2) is 11.6 Å². The Labute approximate surface area is 219 Å². The molecule has 1 aliphatic heterocycles. The summed E-state index contributed by atoms with van der Waals surface area (Å²) in [7, 11) is 2.06. The zero-order chi connectivity index (χ0) is 27.6. The number of allylic oxidation sites excluding steroid dienone is 1. The molecule has 0 unspecified atom stereocenters. The lowest BCUT2D eigenvalue weighted by Crippen LogP contribution is -2.45. The lowest BCUT2D eigenvalue weighted by Gasteiger charge is -2.32. The van der Waals surface area contributed by atoms with E-state index in [0.717, 1.165) is 32.2 Å². The van der Waals surface area contributed by atoms with E-state index in [1.165, 1.54) is 24.5 Å². The van der Waals surface area contributed by atoms with Gasteiger partial charge in [0.05, 0.1) is 5.56 Å². The first-order valence-electron chi connectivity index (χ1n) is 12.1. The quantitative estimate of drug-likeness (QED) is 0.302. The summed E-state index contributed by atoms with van der Waals surface area (Å²) in [6.07, 6.45) is 2.67. The zero-order valence-electron chi connectivity index (χ0n) is 21.8. The molecule has 200 valence electrons. The van der Waals surface area contributed by atoms with Crippen molar-refractivity contribution in [1.29, 1.82) is 5.41 Å². The van der Waals surface area contributed by atoms with Crippen molar-refractivity contribution in [3.8, 4) is 0 Å². The Kier molecular flexibility index (Phi) is 7.39. The molecular formula is C25H32FN11O. The Bertz CT molecular complexity index is 1410. The number of piperazine rings is 1. The van der Waals surface area contributed by atoms with E-state index in [-0.39, 0.29) is 22.9 Å². The van der Waals surface area contributed by atoms with Gasteiger partial charge in [-0.25, -0.2) is 19.3 Å². The monoisotopic (exact) mass is 521 g/mol. The van der Waals surface area contributed by atoms with Crippen LogP contribution in [-0.4, -0.2) is 69.7 Å². The van der Waals surface area contributed by atoms with Crippen LogP contribution in [0.5, 0.6) is 0 Å². The summed E-state index contributed by atoms with van der Waals surface area (Å²) in [5.41, 5.74) is 12.8. The normalized spacial score (nSPS) is 15.0. The van der Waals surface area contributed by atoms with E-state index < -0.39 is 17.1 Å². The molecule has 1 aromatic carbocycles. The molecule has 38 heavy (non-hydrogen) atoms. The number of hydrogen-bond donors (Lipinski definition) is 5. The van der Waals surface area contributed by atoms with Gasteiger partial charge in [0, 0.05) is 43.0 Å². The summed E-state index contributed by atoms with van der Waals surface area (Å²) < 4.78 is 14.6. The van der Waals surface area contributed by atoms with Crippen molar-refractivity contribution in [3.05, 3.63) is 47.8 Å².